The molecular formula is C13H12N3O5P. The molecule has 0 saturated carbocycles. The van der Waals surface area contributed by atoms with Crippen molar-refractivity contribution in [1.82, 2.24) is 10.0 Å². The second-order valence-corrected chi connectivity index (χ2v) is 6.10. The molecule has 4 rings (SSSR count). The third-order valence-electron chi connectivity index (χ3n) is 3.50. The lowest BCUT2D eigenvalue weighted by Crippen LogP contribution is -2.36. The highest BCUT2D eigenvalue weighted by atomic mass is 31.2. The molecule has 22 heavy (non-hydrogen) atoms. The number of phosphoric ester groups is 1. The summed E-state index contributed by atoms with van der Waals surface area (Å²) in [5, 5.41) is 3.88. The summed E-state index contributed by atoms with van der Waals surface area (Å²) in [5.74, 6) is 0.587. The van der Waals surface area contributed by atoms with Gasteiger partial charge in [0.2, 0.25) is 0 Å². The minimum atomic E-state index is -4.59. The summed E-state index contributed by atoms with van der Waals surface area (Å²) in [7, 11) is -4.59. The largest absolute Gasteiger partial charge is 0.524 e. The van der Waals surface area contributed by atoms with E-state index in [0.717, 1.165) is 16.8 Å². The molecule has 2 N–H and O–H groups in total. The van der Waals surface area contributed by atoms with Crippen molar-refractivity contribution in [2.75, 3.05) is 13.3 Å². The first-order valence-corrected chi connectivity index (χ1v) is 8.04. The van der Waals surface area contributed by atoms with E-state index in [2.05, 4.69) is 9.52 Å². The predicted octanol–water partition coefficient (Wildman–Crippen LogP) is 1.31. The summed E-state index contributed by atoms with van der Waals surface area (Å²) < 4.78 is 21.2. The third kappa shape index (κ3) is 2.18. The van der Waals surface area contributed by atoms with Crippen molar-refractivity contribution in [3.05, 3.63) is 41.6 Å². The van der Waals surface area contributed by atoms with Gasteiger partial charge in [-0.2, -0.15) is 0 Å². The molecule has 0 aliphatic carbocycles. The Bertz CT molecular complexity index is 782. The van der Waals surface area contributed by atoms with Crippen LogP contribution < -0.4 is 9.26 Å². The van der Waals surface area contributed by atoms with Crippen molar-refractivity contribution in [1.29, 1.82) is 0 Å². The van der Waals surface area contributed by atoms with E-state index in [0.29, 0.717) is 19.0 Å². The minimum absolute atomic E-state index is 0.0667. The van der Waals surface area contributed by atoms with Crippen LogP contribution in [-0.2, 0) is 4.57 Å². The zero-order chi connectivity index (χ0) is 15.3. The smallest absolute Gasteiger partial charge is 0.488 e. The zero-order valence-electron chi connectivity index (χ0n) is 11.3. The fourth-order valence-electron chi connectivity index (χ4n) is 2.64. The predicted molar refractivity (Wildman–Crippen MR) is 77.7 cm³/mol. The van der Waals surface area contributed by atoms with Gasteiger partial charge in [-0.1, -0.05) is 0 Å². The van der Waals surface area contributed by atoms with Crippen LogP contribution in [0.2, 0.25) is 0 Å². The molecule has 0 aromatic heterocycles. The second-order valence-electron chi connectivity index (χ2n) is 4.94. The van der Waals surface area contributed by atoms with Gasteiger partial charge in [0.25, 0.3) is 0 Å². The Morgan fingerprint density at radius 2 is 2.23 bits per heavy atom. The highest BCUT2D eigenvalue weighted by Gasteiger charge is 2.31. The molecule has 8 nitrogen and oxygen atoms in total. The molecule has 3 heterocycles. The van der Waals surface area contributed by atoms with Gasteiger partial charge in [-0.3, -0.25) is 19.8 Å². The van der Waals surface area contributed by atoms with Crippen LogP contribution in [0.4, 0.5) is 0 Å². The van der Waals surface area contributed by atoms with Gasteiger partial charge < -0.3 is 9.26 Å². The first-order valence-electron chi connectivity index (χ1n) is 6.51. The van der Waals surface area contributed by atoms with Crippen LogP contribution >= 0.6 is 7.82 Å². The number of benzene rings is 1. The molecule has 1 aromatic carbocycles. The number of aliphatic imine (C=N–C) groups is 1. The molecule has 3 aliphatic rings. The Kier molecular flexibility index (Phi) is 2.80. The first-order chi connectivity index (χ1) is 10.5. The van der Waals surface area contributed by atoms with Gasteiger partial charge in [-0.25, -0.2) is 9.57 Å². The van der Waals surface area contributed by atoms with Crippen LogP contribution in [-0.4, -0.2) is 39.4 Å². The third-order valence-corrected chi connectivity index (χ3v) is 3.95. The number of nitrogens with zero attached hydrogens (tertiary/aromatic N) is 3. The quantitative estimate of drug-likeness (QED) is 0.793. The highest BCUT2D eigenvalue weighted by molar-refractivity contribution is 7.46. The van der Waals surface area contributed by atoms with Gasteiger partial charge in [-0.05, 0) is 18.2 Å². The molecule has 3 aliphatic heterocycles. The van der Waals surface area contributed by atoms with Gasteiger partial charge in [0.05, 0.1) is 5.70 Å². The molecule has 0 radical (unpaired) electrons. The van der Waals surface area contributed by atoms with Crippen LogP contribution in [0.3, 0.4) is 0 Å². The van der Waals surface area contributed by atoms with E-state index in [4.69, 9.17) is 14.5 Å². The van der Waals surface area contributed by atoms with Crippen molar-refractivity contribution >= 4 is 19.9 Å². The SMILES string of the molecule is O=P(O)(O)Oc1ccc2c(c1)OCC1=C2N2CN=CN2C=C1. The molecule has 0 spiro atoms. The van der Waals surface area contributed by atoms with Crippen LogP contribution in [0.15, 0.2) is 41.0 Å². The fraction of sp³-hybridized carbons (Fsp3) is 0.154. The van der Waals surface area contributed by atoms with Gasteiger partial charge in [-0.15, -0.1) is 0 Å². The molecule has 0 bridgehead atoms. The molecule has 0 atom stereocenters. The van der Waals surface area contributed by atoms with Gasteiger partial charge in [0, 0.05) is 23.4 Å². The number of hydrazine groups is 1. The molecular weight excluding hydrogens is 309 g/mol. The number of hydrogen-bond acceptors (Lipinski definition) is 6. The molecule has 0 saturated heterocycles. The van der Waals surface area contributed by atoms with Gasteiger partial charge in [0.15, 0.2) is 0 Å². The molecule has 114 valence electrons. The van der Waals surface area contributed by atoms with E-state index in [1.54, 1.807) is 12.4 Å². The number of ether oxygens (including phenoxy) is 1. The summed E-state index contributed by atoms with van der Waals surface area (Å²) in [6.07, 6.45) is 5.61. The molecule has 1 aromatic rings. The lowest BCUT2D eigenvalue weighted by atomic mass is 10.0. The summed E-state index contributed by atoms with van der Waals surface area (Å²) >= 11 is 0. The van der Waals surface area contributed by atoms with Crippen LogP contribution in [0.25, 0.3) is 5.70 Å². The summed E-state index contributed by atoms with van der Waals surface area (Å²) in [4.78, 5) is 22.0. The average molecular weight is 321 g/mol. The summed E-state index contributed by atoms with van der Waals surface area (Å²) in [6, 6.07) is 4.72. The maximum atomic E-state index is 10.9. The Morgan fingerprint density at radius 1 is 1.36 bits per heavy atom. The molecule has 0 fully saturated rings. The van der Waals surface area contributed by atoms with Crippen molar-refractivity contribution in [3.8, 4) is 11.5 Å². The Labute approximate surface area is 125 Å². The Morgan fingerprint density at radius 3 is 3.05 bits per heavy atom. The van der Waals surface area contributed by atoms with Crippen LogP contribution in [0.1, 0.15) is 5.56 Å². The van der Waals surface area contributed by atoms with Crippen molar-refractivity contribution in [2.24, 2.45) is 4.99 Å². The van der Waals surface area contributed by atoms with Crippen molar-refractivity contribution in [2.45, 2.75) is 0 Å². The van der Waals surface area contributed by atoms with E-state index < -0.39 is 7.82 Å². The maximum Gasteiger partial charge on any atom is 0.524 e. The van der Waals surface area contributed by atoms with E-state index in [1.165, 1.54) is 12.1 Å². The lowest BCUT2D eigenvalue weighted by molar-refractivity contribution is 0.201. The minimum Gasteiger partial charge on any atom is -0.488 e. The van der Waals surface area contributed by atoms with E-state index in [9.17, 15) is 4.57 Å². The number of phosphoric acid groups is 1. The average Bonchev–Trinajstić information content (AvgIpc) is 2.93. The second kappa shape index (κ2) is 4.61. The van der Waals surface area contributed by atoms with Gasteiger partial charge >= 0.3 is 7.82 Å². The van der Waals surface area contributed by atoms with Crippen molar-refractivity contribution < 1.29 is 23.6 Å². The number of fused-ring (bicyclic) bond motifs is 4. The number of rotatable bonds is 2. The van der Waals surface area contributed by atoms with Crippen molar-refractivity contribution in [3.63, 3.8) is 0 Å². The van der Waals surface area contributed by atoms with E-state index in [1.807, 2.05) is 22.3 Å². The number of hydrogen-bond donors (Lipinski definition) is 2. The van der Waals surface area contributed by atoms with E-state index >= 15 is 0 Å². The molecule has 0 amide bonds. The monoisotopic (exact) mass is 321 g/mol. The van der Waals surface area contributed by atoms with Gasteiger partial charge in [0.1, 0.15) is 31.1 Å². The summed E-state index contributed by atoms with van der Waals surface area (Å²) in [6.45, 7) is 0.895. The topological polar surface area (TPSA) is 94.8 Å². The fourth-order valence-corrected chi connectivity index (χ4v) is 3.03. The maximum absolute atomic E-state index is 10.9. The Hall–Kier alpha value is -2.28. The van der Waals surface area contributed by atoms with E-state index in [-0.39, 0.29) is 5.75 Å². The normalized spacial score (nSPS) is 18.8. The molecule has 0 unspecified atom stereocenters. The summed E-state index contributed by atoms with van der Waals surface area (Å²) in [5.41, 5.74) is 2.83. The first kappa shape index (κ1) is 13.4. The standard InChI is InChI=1S/C13H12N3O5P/c17-22(18,19)21-10-1-2-11-12(5-10)20-6-9-3-4-15-7-14-8-16(15)13(9)11/h1-5,7H,6,8H2,(H2,17,18,19). The Balaban J connectivity index is 1.74. The highest BCUT2D eigenvalue weighted by Crippen LogP contribution is 2.43. The lowest BCUT2D eigenvalue weighted by Gasteiger charge is -2.36. The van der Waals surface area contributed by atoms with Crippen LogP contribution in [0.5, 0.6) is 11.5 Å². The zero-order valence-corrected chi connectivity index (χ0v) is 12.2. The van der Waals surface area contributed by atoms with Crippen LogP contribution in [0, 0.1) is 0 Å². The molecule has 9 heteroatoms.